The Morgan fingerprint density at radius 2 is 2.21 bits per heavy atom. The summed E-state index contributed by atoms with van der Waals surface area (Å²) in [6.07, 6.45) is 1.11. The molecule has 1 atom stereocenters. The van der Waals surface area contributed by atoms with Crippen molar-refractivity contribution in [1.82, 2.24) is 9.88 Å². The van der Waals surface area contributed by atoms with Crippen molar-refractivity contribution in [1.29, 1.82) is 0 Å². The van der Waals surface area contributed by atoms with Crippen molar-refractivity contribution in [3.8, 4) is 0 Å². The van der Waals surface area contributed by atoms with E-state index >= 15 is 0 Å². The molecule has 0 spiro atoms. The van der Waals surface area contributed by atoms with E-state index in [0.717, 1.165) is 5.56 Å². The standard InChI is InChI=1S/C13H16N2O4/c1-15(2)10(12(16)17)6-4-8-3-5-9-11(7-8)19-13(18)14-9/h3,5,7,10H,4,6H2,1-2H3,(H,14,18)(H,16,17). The molecule has 0 aliphatic heterocycles. The van der Waals surface area contributed by atoms with Crippen LogP contribution in [-0.2, 0) is 11.2 Å². The van der Waals surface area contributed by atoms with Gasteiger partial charge in [-0.05, 0) is 44.6 Å². The largest absolute Gasteiger partial charge is 0.480 e. The summed E-state index contributed by atoms with van der Waals surface area (Å²) in [5, 5.41) is 9.09. The Bertz CT molecular complexity index is 641. The first kappa shape index (κ1) is 13.4. The minimum absolute atomic E-state index is 0.483. The summed E-state index contributed by atoms with van der Waals surface area (Å²) >= 11 is 0. The summed E-state index contributed by atoms with van der Waals surface area (Å²) in [6, 6.07) is 4.87. The number of aryl methyl sites for hydroxylation is 1. The van der Waals surface area contributed by atoms with E-state index in [4.69, 9.17) is 9.52 Å². The normalized spacial score (nSPS) is 13.0. The van der Waals surface area contributed by atoms with Crippen LogP contribution in [0.4, 0.5) is 0 Å². The minimum atomic E-state index is -0.834. The number of benzene rings is 1. The lowest BCUT2D eigenvalue weighted by Crippen LogP contribution is -2.35. The quantitative estimate of drug-likeness (QED) is 0.843. The molecule has 2 aromatic rings. The van der Waals surface area contributed by atoms with Crippen LogP contribution in [-0.4, -0.2) is 41.1 Å². The molecule has 0 saturated carbocycles. The van der Waals surface area contributed by atoms with Crippen molar-refractivity contribution in [2.45, 2.75) is 18.9 Å². The van der Waals surface area contributed by atoms with E-state index in [1.54, 1.807) is 31.1 Å². The molecule has 0 saturated heterocycles. The van der Waals surface area contributed by atoms with Gasteiger partial charge in [-0.3, -0.25) is 14.7 Å². The maximum absolute atomic E-state index is 11.1. The number of oxazole rings is 1. The van der Waals surface area contributed by atoms with E-state index in [-0.39, 0.29) is 0 Å². The summed E-state index contributed by atoms with van der Waals surface area (Å²) in [4.78, 5) is 26.3. The molecule has 2 rings (SSSR count). The van der Waals surface area contributed by atoms with Gasteiger partial charge in [0.15, 0.2) is 5.58 Å². The van der Waals surface area contributed by atoms with E-state index in [1.165, 1.54) is 0 Å². The molecule has 102 valence electrons. The summed E-state index contributed by atoms with van der Waals surface area (Å²) in [7, 11) is 3.49. The third-order valence-corrected chi connectivity index (χ3v) is 3.10. The van der Waals surface area contributed by atoms with Crippen molar-refractivity contribution < 1.29 is 14.3 Å². The molecule has 0 radical (unpaired) electrons. The molecular formula is C13H16N2O4. The van der Waals surface area contributed by atoms with Crippen LogP contribution in [0.5, 0.6) is 0 Å². The Morgan fingerprint density at radius 1 is 1.47 bits per heavy atom. The van der Waals surface area contributed by atoms with Crippen LogP contribution >= 0.6 is 0 Å². The van der Waals surface area contributed by atoms with Gasteiger partial charge < -0.3 is 9.52 Å². The van der Waals surface area contributed by atoms with Gasteiger partial charge in [-0.1, -0.05) is 6.07 Å². The maximum Gasteiger partial charge on any atom is 0.417 e. The number of rotatable bonds is 5. The number of aromatic amines is 1. The van der Waals surface area contributed by atoms with Crippen LogP contribution in [0, 0.1) is 0 Å². The zero-order valence-electron chi connectivity index (χ0n) is 10.8. The third kappa shape index (κ3) is 3.03. The number of aromatic nitrogens is 1. The molecule has 0 bridgehead atoms. The van der Waals surface area contributed by atoms with Gasteiger partial charge in [-0.15, -0.1) is 0 Å². The molecule has 0 fully saturated rings. The van der Waals surface area contributed by atoms with Crippen LogP contribution in [0.1, 0.15) is 12.0 Å². The molecule has 1 unspecified atom stereocenters. The fourth-order valence-electron chi connectivity index (χ4n) is 2.05. The number of likely N-dealkylation sites (N-methyl/N-ethyl adjacent to an activating group) is 1. The number of hydrogen-bond donors (Lipinski definition) is 2. The molecule has 0 aliphatic rings. The van der Waals surface area contributed by atoms with Crippen LogP contribution in [0.25, 0.3) is 11.1 Å². The van der Waals surface area contributed by atoms with Gasteiger partial charge in [0.25, 0.3) is 0 Å². The number of nitrogens with one attached hydrogen (secondary N) is 1. The first-order valence-corrected chi connectivity index (χ1v) is 5.98. The Kier molecular flexibility index (Phi) is 3.71. The number of carbonyl (C=O) groups is 1. The van der Waals surface area contributed by atoms with Crippen LogP contribution < -0.4 is 5.76 Å². The Balaban J connectivity index is 2.12. The van der Waals surface area contributed by atoms with Crippen molar-refractivity contribution in [2.75, 3.05) is 14.1 Å². The molecule has 0 amide bonds. The molecule has 1 aromatic carbocycles. The highest BCUT2D eigenvalue weighted by Gasteiger charge is 2.19. The zero-order valence-corrected chi connectivity index (χ0v) is 10.8. The third-order valence-electron chi connectivity index (χ3n) is 3.10. The molecular weight excluding hydrogens is 248 g/mol. The number of nitrogens with zero attached hydrogens (tertiary/aromatic N) is 1. The predicted octanol–water partition coefficient (Wildman–Crippen LogP) is 1.07. The summed E-state index contributed by atoms with van der Waals surface area (Å²) in [6.45, 7) is 0. The van der Waals surface area contributed by atoms with E-state index in [1.807, 2.05) is 6.07 Å². The number of hydrogen-bond acceptors (Lipinski definition) is 4. The predicted molar refractivity (Wildman–Crippen MR) is 70.3 cm³/mol. The van der Waals surface area contributed by atoms with E-state index in [0.29, 0.717) is 23.9 Å². The van der Waals surface area contributed by atoms with Crippen LogP contribution in [0.2, 0.25) is 0 Å². The topological polar surface area (TPSA) is 86.5 Å². The van der Waals surface area contributed by atoms with Gasteiger partial charge in [0.2, 0.25) is 0 Å². The number of carboxylic acid groups (broad SMARTS) is 1. The fourth-order valence-corrected chi connectivity index (χ4v) is 2.05. The second-order valence-corrected chi connectivity index (χ2v) is 4.70. The van der Waals surface area contributed by atoms with Gasteiger partial charge in [0.05, 0.1) is 5.52 Å². The molecule has 19 heavy (non-hydrogen) atoms. The molecule has 2 N–H and O–H groups in total. The lowest BCUT2D eigenvalue weighted by atomic mass is 10.0. The molecule has 0 aliphatic carbocycles. The smallest absolute Gasteiger partial charge is 0.417 e. The second kappa shape index (κ2) is 5.27. The SMILES string of the molecule is CN(C)C(CCc1ccc2[nH]c(=O)oc2c1)C(=O)O. The number of carboxylic acids is 1. The van der Waals surface area contributed by atoms with E-state index < -0.39 is 17.8 Å². The lowest BCUT2D eigenvalue weighted by molar-refractivity contribution is -0.142. The van der Waals surface area contributed by atoms with Gasteiger partial charge in [-0.25, -0.2) is 4.79 Å². The van der Waals surface area contributed by atoms with E-state index in [9.17, 15) is 9.59 Å². The second-order valence-electron chi connectivity index (χ2n) is 4.70. The molecule has 1 heterocycles. The summed E-state index contributed by atoms with van der Waals surface area (Å²) in [5.41, 5.74) is 2.10. The van der Waals surface area contributed by atoms with Crippen molar-refractivity contribution >= 4 is 17.1 Å². The number of H-pyrrole nitrogens is 1. The Hall–Kier alpha value is -2.08. The van der Waals surface area contributed by atoms with Gasteiger partial charge >= 0.3 is 11.7 Å². The fraction of sp³-hybridized carbons (Fsp3) is 0.385. The highest BCUT2D eigenvalue weighted by molar-refractivity contribution is 5.74. The summed E-state index contributed by atoms with van der Waals surface area (Å²) in [5.74, 6) is -1.32. The molecule has 6 nitrogen and oxygen atoms in total. The van der Waals surface area contributed by atoms with Crippen molar-refractivity contribution in [2.24, 2.45) is 0 Å². The van der Waals surface area contributed by atoms with Crippen molar-refractivity contribution in [3.05, 3.63) is 34.3 Å². The molecule has 1 aromatic heterocycles. The monoisotopic (exact) mass is 264 g/mol. The van der Waals surface area contributed by atoms with Gasteiger partial charge in [-0.2, -0.15) is 0 Å². The number of aliphatic carboxylic acids is 1. The first-order valence-electron chi connectivity index (χ1n) is 5.98. The first-order chi connectivity index (χ1) is 8.97. The summed E-state index contributed by atoms with van der Waals surface area (Å²) < 4.78 is 4.97. The van der Waals surface area contributed by atoms with Gasteiger partial charge in [0, 0.05) is 0 Å². The maximum atomic E-state index is 11.1. The Morgan fingerprint density at radius 3 is 2.84 bits per heavy atom. The van der Waals surface area contributed by atoms with Crippen LogP contribution in [0.3, 0.4) is 0 Å². The molecule has 6 heteroatoms. The number of fused-ring (bicyclic) bond motifs is 1. The van der Waals surface area contributed by atoms with E-state index in [2.05, 4.69) is 4.98 Å². The highest BCUT2D eigenvalue weighted by Crippen LogP contribution is 2.15. The average molecular weight is 264 g/mol. The Labute approximate surface area is 109 Å². The lowest BCUT2D eigenvalue weighted by Gasteiger charge is -2.19. The van der Waals surface area contributed by atoms with Gasteiger partial charge in [0.1, 0.15) is 6.04 Å². The minimum Gasteiger partial charge on any atom is -0.480 e. The van der Waals surface area contributed by atoms with Crippen molar-refractivity contribution in [3.63, 3.8) is 0 Å². The van der Waals surface area contributed by atoms with Crippen LogP contribution in [0.15, 0.2) is 27.4 Å². The average Bonchev–Trinajstić information content (AvgIpc) is 2.67. The highest BCUT2D eigenvalue weighted by atomic mass is 16.4. The zero-order chi connectivity index (χ0) is 14.0.